The molecule has 0 radical (unpaired) electrons. The molecule has 0 unspecified atom stereocenters. The zero-order chi connectivity index (χ0) is 13.8. The third-order valence-electron chi connectivity index (χ3n) is 2.79. The molecule has 0 amide bonds. The summed E-state index contributed by atoms with van der Waals surface area (Å²) in [4.78, 5) is 1.06. The first-order chi connectivity index (χ1) is 9.08. The molecule has 0 aliphatic heterocycles. The van der Waals surface area contributed by atoms with E-state index in [0.717, 1.165) is 10.5 Å². The number of hydrogen-bond acceptors (Lipinski definition) is 4. The van der Waals surface area contributed by atoms with Crippen LogP contribution in [0.5, 0.6) is 11.5 Å². The molecular formula is C15H17NO2S. The van der Waals surface area contributed by atoms with Crippen molar-refractivity contribution in [1.29, 1.82) is 0 Å². The second-order valence-electron chi connectivity index (χ2n) is 4.60. The van der Waals surface area contributed by atoms with Crippen LogP contribution in [0.25, 0.3) is 0 Å². The second kappa shape index (κ2) is 5.89. The molecule has 2 aromatic rings. The molecule has 0 bridgehead atoms. The van der Waals surface area contributed by atoms with Crippen LogP contribution in [0, 0.1) is 0 Å². The van der Waals surface area contributed by atoms with Crippen molar-refractivity contribution in [2.45, 2.75) is 24.7 Å². The minimum atomic E-state index is 0.0466. The Morgan fingerprint density at radius 2 is 1.68 bits per heavy atom. The van der Waals surface area contributed by atoms with Crippen molar-refractivity contribution in [2.24, 2.45) is 0 Å². The van der Waals surface area contributed by atoms with E-state index >= 15 is 0 Å². The van der Waals surface area contributed by atoms with E-state index in [4.69, 9.17) is 0 Å². The van der Waals surface area contributed by atoms with Crippen LogP contribution in [0.4, 0.5) is 5.69 Å². The molecule has 19 heavy (non-hydrogen) atoms. The van der Waals surface area contributed by atoms with Gasteiger partial charge in [0.05, 0.1) is 5.69 Å². The Morgan fingerprint density at radius 1 is 1.00 bits per heavy atom. The smallest absolute Gasteiger partial charge is 0.143 e. The van der Waals surface area contributed by atoms with E-state index in [1.165, 1.54) is 18.0 Å². The standard InChI is InChI=1S/C15H17NO2S/c1-10(2)12-8-13(15(18)9-14(12)17)16-19-11-6-4-3-5-7-11/h3-10,16-18H,1-2H3. The van der Waals surface area contributed by atoms with Gasteiger partial charge in [-0.3, -0.25) is 0 Å². The average molecular weight is 275 g/mol. The molecule has 0 atom stereocenters. The first-order valence-electron chi connectivity index (χ1n) is 6.11. The van der Waals surface area contributed by atoms with Crippen LogP contribution in [-0.4, -0.2) is 10.2 Å². The lowest BCUT2D eigenvalue weighted by molar-refractivity contribution is 0.445. The van der Waals surface area contributed by atoms with Gasteiger partial charge in [0.25, 0.3) is 0 Å². The normalized spacial score (nSPS) is 10.7. The summed E-state index contributed by atoms with van der Waals surface area (Å²) in [7, 11) is 0. The Labute approximate surface area is 117 Å². The summed E-state index contributed by atoms with van der Waals surface area (Å²) < 4.78 is 3.11. The van der Waals surface area contributed by atoms with Crippen molar-refractivity contribution in [2.75, 3.05) is 4.72 Å². The van der Waals surface area contributed by atoms with E-state index in [1.807, 2.05) is 44.2 Å². The van der Waals surface area contributed by atoms with Gasteiger partial charge in [-0.1, -0.05) is 32.0 Å². The van der Waals surface area contributed by atoms with E-state index in [1.54, 1.807) is 6.07 Å². The lowest BCUT2D eigenvalue weighted by atomic mass is 10.0. The molecule has 0 saturated carbocycles. The fourth-order valence-corrected chi connectivity index (χ4v) is 2.43. The lowest BCUT2D eigenvalue weighted by Gasteiger charge is -2.13. The fourth-order valence-electron chi connectivity index (χ4n) is 1.74. The number of phenols is 2. The molecule has 0 fully saturated rings. The highest BCUT2D eigenvalue weighted by atomic mass is 32.2. The zero-order valence-corrected chi connectivity index (χ0v) is 11.7. The molecule has 0 aliphatic rings. The zero-order valence-electron chi connectivity index (χ0n) is 10.9. The molecule has 0 heterocycles. The van der Waals surface area contributed by atoms with Crippen LogP contribution in [0.1, 0.15) is 25.3 Å². The van der Waals surface area contributed by atoms with Crippen LogP contribution in [0.3, 0.4) is 0 Å². The van der Waals surface area contributed by atoms with Gasteiger partial charge in [-0.2, -0.15) is 0 Å². The van der Waals surface area contributed by atoms with Crippen molar-refractivity contribution in [1.82, 2.24) is 0 Å². The van der Waals surface area contributed by atoms with Crippen molar-refractivity contribution in [3.05, 3.63) is 48.0 Å². The van der Waals surface area contributed by atoms with Crippen LogP contribution in [0.15, 0.2) is 47.4 Å². The van der Waals surface area contributed by atoms with Crippen molar-refractivity contribution < 1.29 is 10.2 Å². The first kappa shape index (κ1) is 13.6. The minimum absolute atomic E-state index is 0.0466. The predicted molar refractivity (Wildman–Crippen MR) is 79.8 cm³/mol. The molecule has 3 N–H and O–H groups in total. The van der Waals surface area contributed by atoms with Gasteiger partial charge in [0.1, 0.15) is 11.5 Å². The Bertz CT molecular complexity index is 556. The highest BCUT2D eigenvalue weighted by Crippen LogP contribution is 2.37. The van der Waals surface area contributed by atoms with Crippen molar-refractivity contribution in [3.8, 4) is 11.5 Å². The molecule has 0 spiro atoms. The summed E-state index contributed by atoms with van der Waals surface area (Å²) in [5, 5.41) is 19.6. The van der Waals surface area contributed by atoms with E-state index in [0.29, 0.717) is 5.69 Å². The van der Waals surface area contributed by atoms with Crippen LogP contribution < -0.4 is 4.72 Å². The molecular weight excluding hydrogens is 258 g/mol. The predicted octanol–water partition coefficient (Wildman–Crippen LogP) is 4.34. The fraction of sp³-hybridized carbons (Fsp3) is 0.200. The second-order valence-corrected chi connectivity index (χ2v) is 5.48. The van der Waals surface area contributed by atoms with Gasteiger partial charge in [0.2, 0.25) is 0 Å². The summed E-state index contributed by atoms with van der Waals surface area (Å²) >= 11 is 1.42. The number of nitrogens with one attached hydrogen (secondary N) is 1. The number of anilines is 1. The number of benzene rings is 2. The van der Waals surface area contributed by atoms with E-state index in [9.17, 15) is 10.2 Å². The third kappa shape index (κ3) is 3.35. The van der Waals surface area contributed by atoms with Gasteiger partial charge >= 0.3 is 0 Å². The van der Waals surface area contributed by atoms with Gasteiger partial charge in [-0.25, -0.2) is 0 Å². The summed E-state index contributed by atoms with van der Waals surface area (Å²) in [6, 6.07) is 13.0. The summed E-state index contributed by atoms with van der Waals surface area (Å²) in [5.41, 5.74) is 1.42. The van der Waals surface area contributed by atoms with Gasteiger partial charge in [0.15, 0.2) is 0 Å². The largest absolute Gasteiger partial charge is 0.508 e. The third-order valence-corrected chi connectivity index (χ3v) is 3.62. The molecule has 3 nitrogen and oxygen atoms in total. The van der Waals surface area contributed by atoms with Gasteiger partial charge in [-0.05, 0) is 41.6 Å². The van der Waals surface area contributed by atoms with Crippen molar-refractivity contribution >= 4 is 17.6 Å². The minimum Gasteiger partial charge on any atom is -0.508 e. The molecule has 0 aromatic heterocycles. The maximum atomic E-state index is 9.84. The molecule has 4 heteroatoms. The maximum Gasteiger partial charge on any atom is 0.143 e. The Kier molecular flexibility index (Phi) is 4.22. The SMILES string of the molecule is CC(C)c1cc(NSc2ccccc2)c(O)cc1O. The molecule has 0 aliphatic carbocycles. The van der Waals surface area contributed by atoms with E-state index < -0.39 is 0 Å². The highest BCUT2D eigenvalue weighted by Gasteiger charge is 2.11. The molecule has 100 valence electrons. The molecule has 0 saturated heterocycles. The average Bonchev–Trinajstić information content (AvgIpc) is 2.38. The van der Waals surface area contributed by atoms with Crippen LogP contribution >= 0.6 is 11.9 Å². The van der Waals surface area contributed by atoms with E-state index in [-0.39, 0.29) is 17.4 Å². The number of rotatable bonds is 4. The van der Waals surface area contributed by atoms with Crippen LogP contribution in [0.2, 0.25) is 0 Å². The number of phenolic OH excluding ortho intramolecular Hbond substituents is 2. The molecule has 2 rings (SSSR count). The summed E-state index contributed by atoms with van der Waals surface area (Å²) in [6.45, 7) is 4.00. The highest BCUT2D eigenvalue weighted by molar-refractivity contribution is 8.00. The molecule has 2 aromatic carbocycles. The quantitative estimate of drug-likeness (QED) is 0.441. The topological polar surface area (TPSA) is 52.5 Å². The lowest BCUT2D eigenvalue weighted by Crippen LogP contribution is -1.93. The van der Waals surface area contributed by atoms with Gasteiger partial charge in [-0.15, -0.1) is 0 Å². The monoisotopic (exact) mass is 275 g/mol. The van der Waals surface area contributed by atoms with E-state index in [2.05, 4.69) is 4.72 Å². The maximum absolute atomic E-state index is 9.84. The van der Waals surface area contributed by atoms with Crippen molar-refractivity contribution in [3.63, 3.8) is 0 Å². The first-order valence-corrected chi connectivity index (χ1v) is 6.93. The number of hydrogen-bond donors (Lipinski definition) is 3. The number of aromatic hydroxyl groups is 2. The summed E-state index contributed by atoms with van der Waals surface area (Å²) in [5.74, 6) is 0.371. The van der Waals surface area contributed by atoms with Gasteiger partial charge < -0.3 is 14.9 Å². The Hall–Kier alpha value is -1.81. The Balaban J connectivity index is 2.18. The van der Waals surface area contributed by atoms with Crippen LogP contribution in [-0.2, 0) is 0 Å². The summed E-state index contributed by atoms with van der Waals surface area (Å²) in [6.07, 6.45) is 0. The van der Waals surface area contributed by atoms with Gasteiger partial charge in [0, 0.05) is 11.0 Å². The Morgan fingerprint density at radius 3 is 2.32 bits per heavy atom.